The summed E-state index contributed by atoms with van der Waals surface area (Å²) in [6.45, 7) is 0. The first kappa shape index (κ1) is 33.0. The number of rotatable bonds is 7. The largest absolute Gasteiger partial charge is 0.310 e. The van der Waals surface area contributed by atoms with Crippen molar-refractivity contribution in [1.29, 1.82) is 0 Å². The van der Waals surface area contributed by atoms with Crippen LogP contribution >= 0.6 is 11.3 Å². The van der Waals surface area contributed by atoms with Crippen LogP contribution in [-0.4, -0.2) is 14.5 Å². The molecule has 0 bridgehead atoms. The van der Waals surface area contributed by atoms with Gasteiger partial charge in [-0.3, -0.25) is 9.97 Å². The van der Waals surface area contributed by atoms with Gasteiger partial charge in [-0.25, -0.2) is 0 Å². The van der Waals surface area contributed by atoms with E-state index in [1.54, 1.807) is 0 Å². The van der Waals surface area contributed by atoms with Gasteiger partial charge in [-0.2, -0.15) is 0 Å². The number of para-hydroxylation sites is 1. The molecule has 11 aromatic rings. The van der Waals surface area contributed by atoms with Gasteiger partial charge in [0.25, 0.3) is 0 Å². The van der Waals surface area contributed by atoms with Crippen LogP contribution in [0.4, 0.5) is 17.1 Å². The lowest BCUT2D eigenvalue weighted by Gasteiger charge is -2.26. The fourth-order valence-electron chi connectivity index (χ4n) is 8.30. The minimum Gasteiger partial charge on any atom is -0.310 e. The number of aromatic nitrogens is 3. The Labute approximate surface area is 334 Å². The highest BCUT2D eigenvalue weighted by atomic mass is 32.1. The van der Waals surface area contributed by atoms with Gasteiger partial charge in [-0.15, -0.1) is 11.3 Å². The highest BCUT2D eigenvalue weighted by Crippen LogP contribution is 2.43. The molecule has 268 valence electrons. The zero-order chi connectivity index (χ0) is 37.7. The minimum absolute atomic E-state index is 1.07. The van der Waals surface area contributed by atoms with E-state index in [0.717, 1.165) is 50.4 Å². The van der Waals surface area contributed by atoms with Gasteiger partial charge in [0.2, 0.25) is 0 Å². The Morgan fingerprint density at radius 1 is 0.386 bits per heavy atom. The standard InChI is InChI=1S/C52H34N4S/c1-3-15-47-44(13-1)45-28-23-38(32-49(45)56(47)48-16-6-18-51-52(48)46-14-2-4-17-50(46)57-51)37-9-5-12-43(31-37)55(41-24-19-35(20-25-41)39-10-7-29-53-33-39)42-26-21-36(22-27-42)40-11-8-30-54-34-40/h1-34H. The average molecular weight is 747 g/mol. The van der Waals surface area contributed by atoms with E-state index in [9.17, 15) is 0 Å². The SMILES string of the molecule is c1cncc(-c2ccc(N(c3ccc(-c4cccnc4)cc3)c3cccc(-c4ccc5c6ccccc6n(-c6cccc7sc8ccccc8c67)c5c4)c3)cc2)c1. The highest BCUT2D eigenvalue weighted by molar-refractivity contribution is 7.25. The van der Waals surface area contributed by atoms with Crippen LogP contribution < -0.4 is 4.90 Å². The lowest BCUT2D eigenvalue weighted by atomic mass is 10.0. The molecule has 0 fully saturated rings. The maximum atomic E-state index is 4.35. The Bertz CT molecular complexity index is 3140. The van der Waals surface area contributed by atoms with Gasteiger partial charge < -0.3 is 9.47 Å². The molecule has 57 heavy (non-hydrogen) atoms. The Balaban J connectivity index is 1.06. The van der Waals surface area contributed by atoms with Crippen LogP contribution in [0.15, 0.2) is 207 Å². The van der Waals surface area contributed by atoms with Crippen molar-refractivity contribution < 1.29 is 0 Å². The molecule has 0 aliphatic rings. The normalized spacial score (nSPS) is 11.5. The summed E-state index contributed by atoms with van der Waals surface area (Å²) in [5.74, 6) is 0. The number of anilines is 3. The van der Waals surface area contributed by atoms with E-state index >= 15 is 0 Å². The van der Waals surface area contributed by atoms with E-state index < -0.39 is 0 Å². The first-order chi connectivity index (χ1) is 28.3. The van der Waals surface area contributed by atoms with Crippen molar-refractivity contribution in [2.45, 2.75) is 0 Å². The highest BCUT2D eigenvalue weighted by Gasteiger charge is 2.19. The van der Waals surface area contributed by atoms with Crippen LogP contribution in [0.5, 0.6) is 0 Å². The van der Waals surface area contributed by atoms with E-state index in [4.69, 9.17) is 0 Å². The number of hydrogen-bond donors (Lipinski definition) is 0. The number of benzene rings is 7. The second-order valence-electron chi connectivity index (χ2n) is 14.3. The predicted molar refractivity (Wildman–Crippen MR) is 240 cm³/mol. The van der Waals surface area contributed by atoms with Gasteiger partial charge >= 0.3 is 0 Å². The molecular formula is C52H34N4S. The Morgan fingerprint density at radius 3 is 1.67 bits per heavy atom. The third-order valence-corrected chi connectivity index (χ3v) is 12.1. The molecule has 0 unspecified atom stereocenters. The van der Waals surface area contributed by atoms with Crippen molar-refractivity contribution in [2.75, 3.05) is 4.90 Å². The van der Waals surface area contributed by atoms with Crippen molar-refractivity contribution in [3.05, 3.63) is 207 Å². The van der Waals surface area contributed by atoms with E-state index in [1.165, 1.54) is 47.7 Å². The smallest absolute Gasteiger partial charge is 0.0555 e. The lowest BCUT2D eigenvalue weighted by molar-refractivity contribution is 1.20. The van der Waals surface area contributed by atoms with Gasteiger partial charge in [-0.1, -0.05) is 103 Å². The van der Waals surface area contributed by atoms with E-state index in [2.05, 4.69) is 189 Å². The molecule has 4 aromatic heterocycles. The zero-order valence-corrected chi connectivity index (χ0v) is 31.6. The summed E-state index contributed by atoms with van der Waals surface area (Å²) in [7, 11) is 0. The summed E-state index contributed by atoms with van der Waals surface area (Å²) in [6.07, 6.45) is 7.44. The number of nitrogens with zero attached hydrogens (tertiary/aromatic N) is 4. The molecule has 5 heteroatoms. The molecule has 4 nitrogen and oxygen atoms in total. The molecule has 0 spiro atoms. The first-order valence-corrected chi connectivity index (χ1v) is 19.9. The fourth-order valence-corrected chi connectivity index (χ4v) is 9.42. The monoisotopic (exact) mass is 746 g/mol. The molecular weight excluding hydrogens is 713 g/mol. The third-order valence-electron chi connectivity index (χ3n) is 11.0. The Morgan fingerprint density at radius 2 is 0.965 bits per heavy atom. The van der Waals surface area contributed by atoms with Crippen LogP contribution in [0.25, 0.3) is 81.0 Å². The number of thiophene rings is 1. The summed E-state index contributed by atoms with van der Waals surface area (Å²) >= 11 is 1.86. The molecule has 0 saturated heterocycles. The molecule has 0 saturated carbocycles. The number of pyridine rings is 2. The van der Waals surface area contributed by atoms with Crippen LogP contribution in [0.3, 0.4) is 0 Å². The summed E-state index contributed by atoms with van der Waals surface area (Å²) in [5, 5.41) is 5.09. The number of hydrogen-bond acceptors (Lipinski definition) is 4. The van der Waals surface area contributed by atoms with E-state index in [1.807, 2.05) is 48.3 Å². The van der Waals surface area contributed by atoms with Crippen molar-refractivity contribution in [2.24, 2.45) is 0 Å². The summed E-state index contributed by atoms with van der Waals surface area (Å²) in [4.78, 5) is 11.0. The molecule has 0 aliphatic carbocycles. The van der Waals surface area contributed by atoms with Crippen molar-refractivity contribution in [3.63, 3.8) is 0 Å². The average Bonchev–Trinajstić information content (AvgIpc) is 3.83. The Kier molecular flexibility index (Phi) is 7.97. The van der Waals surface area contributed by atoms with E-state index in [-0.39, 0.29) is 0 Å². The topological polar surface area (TPSA) is 34.0 Å². The summed E-state index contributed by atoms with van der Waals surface area (Å²) in [5.41, 5.74) is 13.6. The summed E-state index contributed by atoms with van der Waals surface area (Å²) < 4.78 is 5.08. The molecule has 0 atom stereocenters. The van der Waals surface area contributed by atoms with Crippen LogP contribution in [0, 0.1) is 0 Å². The van der Waals surface area contributed by atoms with Crippen molar-refractivity contribution in [1.82, 2.24) is 14.5 Å². The number of fused-ring (bicyclic) bond motifs is 6. The zero-order valence-electron chi connectivity index (χ0n) is 30.8. The van der Waals surface area contributed by atoms with Gasteiger partial charge in [0.15, 0.2) is 0 Å². The van der Waals surface area contributed by atoms with Gasteiger partial charge in [0.1, 0.15) is 0 Å². The van der Waals surface area contributed by atoms with Gasteiger partial charge in [0, 0.05) is 72.8 Å². The molecule has 0 amide bonds. The van der Waals surface area contributed by atoms with E-state index in [0.29, 0.717) is 0 Å². The fraction of sp³-hybridized carbons (Fsp3) is 0. The van der Waals surface area contributed by atoms with Crippen molar-refractivity contribution in [3.8, 4) is 39.1 Å². The molecule has 0 radical (unpaired) electrons. The molecule has 0 N–H and O–H groups in total. The maximum absolute atomic E-state index is 4.35. The first-order valence-electron chi connectivity index (χ1n) is 19.1. The van der Waals surface area contributed by atoms with Crippen molar-refractivity contribution >= 4 is 70.4 Å². The van der Waals surface area contributed by atoms with Crippen LogP contribution in [0.2, 0.25) is 0 Å². The Hall–Kier alpha value is -7.34. The molecule has 4 heterocycles. The van der Waals surface area contributed by atoms with Gasteiger partial charge in [0.05, 0.1) is 16.7 Å². The third kappa shape index (κ3) is 5.76. The molecule has 11 rings (SSSR count). The predicted octanol–water partition coefficient (Wildman–Crippen LogP) is 14.4. The van der Waals surface area contributed by atoms with Crippen LogP contribution in [0.1, 0.15) is 0 Å². The quantitative estimate of drug-likeness (QED) is 0.163. The maximum Gasteiger partial charge on any atom is 0.0555 e. The van der Waals surface area contributed by atoms with Crippen LogP contribution in [-0.2, 0) is 0 Å². The second-order valence-corrected chi connectivity index (χ2v) is 15.4. The molecule has 7 aromatic carbocycles. The summed E-state index contributed by atoms with van der Waals surface area (Å²) in [6, 6.07) is 65.8. The van der Waals surface area contributed by atoms with Gasteiger partial charge in [-0.05, 0) is 112 Å². The lowest BCUT2D eigenvalue weighted by Crippen LogP contribution is -2.10. The second kappa shape index (κ2) is 13.7. The molecule has 0 aliphatic heterocycles. The minimum atomic E-state index is 1.07.